The number of aliphatic hydroxyl groups excluding tert-OH is 1. The van der Waals surface area contributed by atoms with E-state index in [9.17, 15) is 13.6 Å². The monoisotopic (exact) mass is 229 g/mol. The molecule has 0 spiro atoms. The van der Waals surface area contributed by atoms with Gasteiger partial charge in [-0.05, 0) is 17.7 Å². The van der Waals surface area contributed by atoms with Crippen LogP contribution in [0.2, 0.25) is 0 Å². The molecule has 0 aliphatic carbocycles. The van der Waals surface area contributed by atoms with E-state index >= 15 is 0 Å². The Labute approximate surface area is 89.8 Å². The molecule has 1 aliphatic rings. The maximum Gasteiger partial charge on any atom is 0.408 e. The molecule has 2 N–H and O–H groups in total. The van der Waals surface area contributed by atoms with Crippen LogP contribution in [0.5, 0.6) is 0 Å². The Morgan fingerprint density at radius 2 is 2.12 bits per heavy atom. The minimum atomic E-state index is -1.00. The second-order valence-corrected chi connectivity index (χ2v) is 3.42. The summed E-state index contributed by atoms with van der Waals surface area (Å²) in [5.74, 6) is -1.97. The molecule has 1 heterocycles. The number of nitrogens with one attached hydrogen (secondary N) is 1. The van der Waals surface area contributed by atoms with Crippen molar-refractivity contribution < 1.29 is 23.4 Å². The molecule has 2 rings (SSSR count). The first-order valence-electron chi connectivity index (χ1n) is 4.65. The van der Waals surface area contributed by atoms with E-state index in [2.05, 4.69) is 5.32 Å². The molecule has 0 bridgehead atoms. The number of hydrogen-bond donors (Lipinski definition) is 2. The molecule has 0 saturated carbocycles. The Balaban J connectivity index is 2.29. The first-order chi connectivity index (χ1) is 7.61. The average molecular weight is 229 g/mol. The fourth-order valence-corrected chi connectivity index (χ4v) is 1.61. The van der Waals surface area contributed by atoms with Crippen LogP contribution in [-0.2, 0) is 4.74 Å². The Hall–Kier alpha value is -1.69. The summed E-state index contributed by atoms with van der Waals surface area (Å²) >= 11 is 0. The highest BCUT2D eigenvalue weighted by Crippen LogP contribution is 2.25. The van der Waals surface area contributed by atoms with Crippen molar-refractivity contribution in [3.05, 3.63) is 35.4 Å². The molecular weight excluding hydrogens is 220 g/mol. The molecule has 2 unspecified atom stereocenters. The van der Waals surface area contributed by atoms with E-state index in [1.54, 1.807) is 0 Å². The third-order valence-corrected chi connectivity index (χ3v) is 2.39. The SMILES string of the molecule is O=C1NC(c2ccc(F)c(F)c2)C(CO)O1. The van der Waals surface area contributed by atoms with Gasteiger partial charge in [-0.3, -0.25) is 0 Å². The third kappa shape index (κ3) is 1.83. The van der Waals surface area contributed by atoms with Gasteiger partial charge in [0, 0.05) is 0 Å². The zero-order valence-electron chi connectivity index (χ0n) is 8.11. The lowest BCUT2D eigenvalue weighted by atomic mass is 10.0. The number of ether oxygens (including phenoxy) is 1. The van der Waals surface area contributed by atoms with Gasteiger partial charge in [-0.25, -0.2) is 13.6 Å². The standard InChI is InChI=1S/C10H9F2NO3/c11-6-2-1-5(3-7(6)12)9-8(4-14)16-10(15)13-9/h1-3,8-9,14H,4H2,(H,13,15). The summed E-state index contributed by atoms with van der Waals surface area (Å²) in [6.45, 7) is -0.387. The highest BCUT2D eigenvalue weighted by molar-refractivity contribution is 5.70. The Bertz CT molecular complexity index is 425. The minimum absolute atomic E-state index is 0.351. The fourth-order valence-electron chi connectivity index (χ4n) is 1.61. The van der Waals surface area contributed by atoms with Crippen molar-refractivity contribution in [1.29, 1.82) is 0 Å². The number of cyclic esters (lactones) is 1. The normalized spacial score (nSPS) is 24.1. The van der Waals surface area contributed by atoms with Crippen LogP contribution in [-0.4, -0.2) is 23.9 Å². The van der Waals surface area contributed by atoms with E-state index in [0.717, 1.165) is 12.1 Å². The molecule has 1 saturated heterocycles. The van der Waals surface area contributed by atoms with Gasteiger partial charge in [-0.2, -0.15) is 0 Å². The molecule has 1 aromatic rings. The molecular formula is C10H9F2NO3. The van der Waals surface area contributed by atoms with Crippen molar-refractivity contribution >= 4 is 6.09 Å². The molecule has 6 heteroatoms. The van der Waals surface area contributed by atoms with E-state index in [-0.39, 0.29) is 6.61 Å². The number of halogens is 2. The second-order valence-electron chi connectivity index (χ2n) is 3.42. The van der Waals surface area contributed by atoms with E-state index in [0.29, 0.717) is 5.56 Å². The Morgan fingerprint density at radius 1 is 1.38 bits per heavy atom. The number of carbonyl (C=O) groups is 1. The zero-order chi connectivity index (χ0) is 11.7. The van der Waals surface area contributed by atoms with E-state index in [4.69, 9.17) is 9.84 Å². The quantitative estimate of drug-likeness (QED) is 0.798. The van der Waals surface area contributed by atoms with Crippen molar-refractivity contribution in [3.63, 3.8) is 0 Å². The van der Waals surface area contributed by atoms with Crippen LogP contribution in [0.25, 0.3) is 0 Å². The minimum Gasteiger partial charge on any atom is -0.441 e. The maximum atomic E-state index is 13.0. The number of benzene rings is 1. The van der Waals surface area contributed by atoms with E-state index in [1.807, 2.05) is 0 Å². The van der Waals surface area contributed by atoms with Gasteiger partial charge in [0.25, 0.3) is 0 Å². The molecule has 1 fully saturated rings. The third-order valence-electron chi connectivity index (χ3n) is 2.39. The van der Waals surface area contributed by atoms with E-state index < -0.39 is 29.9 Å². The van der Waals surface area contributed by atoms with Gasteiger partial charge < -0.3 is 15.2 Å². The van der Waals surface area contributed by atoms with E-state index in [1.165, 1.54) is 6.07 Å². The lowest BCUT2D eigenvalue weighted by Gasteiger charge is -2.14. The van der Waals surface area contributed by atoms with Crippen LogP contribution in [0.1, 0.15) is 11.6 Å². The van der Waals surface area contributed by atoms with Gasteiger partial charge in [-0.15, -0.1) is 0 Å². The number of amides is 1. The first kappa shape index (κ1) is 10.8. The fraction of sp³-hybridized carbons (Fsp3) is 0.300. The lowest BCUT2D eigenvalue weighted by molar-refractivity contribution is 0.0828. The summed E-state index contributed by atoms with van der Waals surface area (Å²) in [6, 6.07) is 2.61. The summed E-state index contributed by atoms with van der Waals surface area (Å²) in [7, 11) is 0. The maximum absolute atomic E-state index is 13.0. The van der Waals surface area contributed by atoms with Gasteiger partial charge in [0.05, 0.1) is 12.6 Å². The molecule has 4 nitrogen and oxygen atoms in total. The van der Waals surface area contributed by atoms with Crippen LogP contribution in [0.15, 0.2) is 18.2 Å². The number of aliphatic hydroxyl groups is 1. The van der Waals surface area contributed by atoms with Crippen LogP contribution in [0, 0.1) is 11.6 Å². The van der Waals surface area contributed by atoms with Crippen molar-refractivity contribution in [2.45, 2.75) is 12.1 Å². The van der Waals surface area contributed by atoms with Crippen LogP contribution in [0.4, 0.5) is 13.6 Å². The molecule has 0 aromatic heterocycles. The Kier molecular flexibility index (Phi) is 2.74. The van der Waals surface area contributed by atoms with Crippen molar-refractivity contribution in [3.8, 4) is 0 Å². The number of alkyl carbamates (subject to hydrolysis) is 1. The van der Waals surface area contributed by atoms with Crippen molar-refractivity contribution in [1.82, 2.24) is 5.32 Å². The highest BCUT2D eigenvalue weighted by atomic mass is 19.2. The highest BCUT2D eigenvalue weighted by Gasteiger charge is 2.34. The Morgan fingerprint density at radius 3 is 2.75 bits per heavy atom. The summed E-state index contributed by atoms with van der Waals surface area (Å²) in [5, 5.41) is 11.4. The first-order valence-corrected chi connectivity index (χ1v) is 4.65. The van der Waals surface area contributed by atoms with Crippen molar-refractivity contribution in [2.24, 2.45) is 0 Å². The van der Waals surface area contributed by atoms with Gasteiger partial charge in [0.2, 0.25) is 0 Å². The topological polar surface area (TPSA) is 58.6 Å². The number of hydrogen-bond acceptors (Lipinski definition) is 3. The van der Waals surface area contributed by atoms with Crippen molar-refractivity contribution in [2.75, 3.05) is 6.61 Å². The van der Waals surface area contributed by atoms with Gasteiger partial charge in [0.15, 0.2) is 17.7 Å². The summed E-state index contributed by atoms with van der Waals surface area (Å²) in [5.41, 5.74) is 0.351. The molecule has 86 valence electrons. The predicted molar refractivity (Wildman–Crippen MR) is 49.6 cm³/mol. The number of carbonyl (C=O) groups excluding carboxylic acids is 1. The average Bonchev–Trinajstić information content (AvgIpc) is 2.63. The lowest BCUT2D eigenvalue weighted by Crippen LogP contribution is -2.25. The smallest absolute Gasteiger partial charge is 0.408 e. The molecule has 16 heavy (non-hydrogen) atoms. The second kappa shape index (κ2) is 4.05. The molecule has 1 aliphatic heterocycles. The molecule has 2 atom stereocenters. The predicted octanol–water partition coefficient (Wildman–Crippen LogP) is 1.11. The molecule has 0 radical (unpaired) electrons. The summed E-state index contributed by atoms with van der Waals surface area (Å²) < 4.78 is 30.4. The summed E-state index contributed by atoms with van der Waals surface area (Å²) in [6.07, 6.45) is -1.47. The number of rotatable bonds is 2. The van der Waals surface area contributed by atoms with Crippen LogP contribution < -0.4 is 5.32 Å². The summed E-state index contributed by atoms with van der Waals surface area (Å²) in [4.78, 5) is 10.9. The van der Waals surface area contributed by atoms with Gasteiger partial charge >= 0.3 is 6.09 Å². The van der Waals surface area contributed by atoms with Gasteiger partial charge in [-0.1, -0.05) is 6.07 Å². The van der Waals surface area contributed by atoms with Gasteiger partial charge in [0.1, 0.15) is 0 Å². The largest absolute Gasteiger partial charge is 0.441 e. The van der Waals surface area contributed by atoms with Crippen LogP contribution >= 0.6 is 0 Å². The zero-order valence-corrected chi connectivity index (χ0v) is 8.11. The molecule has 1 amide bonds. The van der Waals surface area contributed by atoms with Crippen LogP contribution in [0.3, 0.4) is 0 Å². The molecule has 1 aromatic carbocycles.